The monoisotopic (exact) mass is 420 g/mol. The van der Waals surface area contributed by atoms with E-state index in [1.54, 1.807) is 12.1 Å². The number of rotatable bonds is 5. The zero-order valence-electron chi connectivity index (χ0n) is 16.8. The predicted molar refractivity (Wildman–Crippen MR) is 117 cm³/mol. The number of benzene rings is 2. The van der Waals surface area contributed by atoms with Gasteiger partial charge >= 0.3 is 5.97 Å². The van der Waals surface area contributed by atoms with Crippen LogP contribution in [0, 0.1) is 20.8 Å². The van der Waals surface area contributed by atoms with Crippen molar-refractivity contribution in [3.05, 3.63) is 64.7 Å². The number of nitrogens with one attached hydrogen (secondary N) is 1. The van der Waals surface area contributed by atoms with E-state index in [2.05, 4.69) is 47.6 Å². The number of hydrogen-bond acceptors (Lipinski definition) is 5. The van der Waals surface area contributed by atoms with Gasteiger partial charge in [0.1, 0.15) is 0 Å². The third kappa shape index (κ3) is 3.73. The van der Waals surface area contributed by atoms with Gasteiger partial charge in [-0.3, -0.25) is 9.20 Å². The summed E-state index contributed by atoms with van der Waals surface area (Å²) in [5, 5.41) is 22.2. The van der Waals surface area contributed by atoms with Crippen LogP contribution < -0.4 is 5.32 Å². The third-order valence-corrected chi connectivity index (χ3v) is 5.71. The number of hydrogen-bond donors (Lipinski definition) is 2. The number of anilines is 1. The van der Waals surface area contributed by atoms with Gasteiger partial charge in [-0.15, -0.1) is 10.2 Å². The molecule has 1 amide bonds. The van der Waals surface area contributed by atoms with Crippen molar-refractivity contribution >= 4 is 45.9 Å². The summed E-state index contributed by atoms with van der Waals surface area (Å²) < 4.78 is 2.00. The highest BCUT2D eigenvalue weighted by Gasteiger charge is 2.15. The molecule has 7 nitrogen and oxygen atoms in total. The average molecular weight is 420 g/mol. The summed E-state index contributed by atoms with van der Waals surface area (Å²) in [4.78, 5) is 23.5. The van der Waals surface area contributed by atoms with Crippen LogP contribution in [0.5, 0.6) is 0 Å². The van der Waals surface area contributed by atoms with Crippen molar-refractivity contribution in [2.45, 2.75) is 25.9 Å². The van der Waals surface area contributed by atoms with Crippen LogP contribution in [0.25, 0.3) is 16.6 Å². The molecule has 2 N–H and O–H groups in total. The first-order valence-electron chi connectivity index (χ1n) is 9.35. The van der Waals surface area contributed by atoms with E-state index >= 15 is 0 Å². The summed E-state index contributed by atoms with van der Waals surface area (Å²) in [5.41, 5.74) is 5.68. The first kappa shape index (κ1) is 19.9. The molecule has 30 heavy (non-hydrogen) atoms. The number of carboxylic acid groups (broad SMARTS) is 1. The van der Waals surface area contributed by atoms with Crippen LogP contribution in [0.3, 0.4) is 0 Å². The molecule has 8 heteroatoms. The molecule has 4 aromatic rings. The zero-order chi connectivity index (χ0) is 21.4. The molecule has 0 bridgehead atoms. The van der Waals surface area contributed by atoms with Crippen molar-refractivity contribution in [1.29, 1.82) is 0 Å². The molecule has 0 saturated heterocycles. The molecule has 0 aliphatic heterocycles. The highest BCUT2D eigenvalue weighted by atomic mass is 32.2. The first-order chi connectivity index (χ1) is 14.3. The van der Waals surface area contributed by atoms with E-state index in [0.29, 0.717) is 10.8 Å². The van der Waals surface area contributed by atoms with E-state index in [1.807, 2.05) is 11.3 Å². The Morgan fingerprint density at radius 1 is 1.07 bits per heavy atom. The number of aromatic nitrogens is 3. The summed E-state index contributed by atoms with van der Waals surface area (Å²) in [5.74, 6) is -1.16. The fourth-order valence-corrected chi connectivity index (χ4v) is 4.32. The van der Waals surface area contributed by atoms with Crippen LogP contribution >= 0.6 is 11.8 Å². The predicted octanol–water partition coefficient (Wildman–Crippen LogP) is 4.24. The van der Waals surface area contributed by atoms with E-state index in [-0.39, 0.29) is 17.2 Å². The Hall–Kier alpha value is -3.39. The van der Waals surface area contributed by atoms with Crippen molar-refractivity contribution in [2.24, 2.45) is 0 Å². The van der Waals surface area contributed by atoms with Gasteiger partial charge in [-0.25, -0.2) is 4.79 Å². The Morgan fingerprint density at radius 2 is 1.87 bits per heavy atom. The molecule has 0 unspecified atom stereocenters. The summed E-state index contributed by atoms with van der Waals surface area (Å²) in [6.45, 7) is 6.12. The number of fused-ring (bicyclic) bond motifs is 3. The SMILES string of the molecule is Cc1cc(C)c2c(c1)cc(C)c1nnc(SCC(=O)Nc3cccc(C(=O)O)c3)n12. The summed E-state index contributed by atoms with van der Waals surface area (Å²) >= 11 is 1.29. The van der Waals surface area contributed by atoms with Crippen LogP contribution in [-0.4, -0.2) is 37.3 Å². The normalized spacial score (nSPS) is 11.2. The van der Waals surface area contributed by atoms with Gasteiger partial charge in [0.25, 0.3) is 0 Å². The molecule has 0 radical (unpaired) electrons. The van der Waals surface area contributed by atoms with Crippen molar-refractivity contribution < 1.29 is 14.7 Å². The van der Waals surface area contributed by atoms with E-state index in [1.165, 1.54) is 29.5 Å². The number of carboxylic acids is 1. The Balaban J connectivity index is 1.61. The Morgan fingerprint density at radius 3 is 2.63 bits per heavy atom. The van der Waals surface area contributed by atoms with Crippen molar-refractivity contribution in [1.82, 2.24) is 14.6 Å². The molecule has 4 rings (SSSR count). The second kappa shape index (κ2) is 7.79. The van der Waals surface area contributed by atoms with E-state index in [4.69, 9.17) is 5.11 Å². The molecule has 2 aromatic carbocycles. The number of amides is 1. The maximum atomic E-state index is 12.4. The molecule has 0 aliphatic rings. The number of thioether (sulfide) groups is 1. The fraction of sp³-hybridized carbons (Fsp3) is 0.182. The number of aromatic carboxylic acids is 1. The molecule has 0 fully saturated rings. The van der Waals surface area contributed by atoms with Gasteiger partial charge in [-0.2, -0.15) is 0 Å². The minimum atomic E-state index is -1.04. The standard InChI is InChI=1S/C22H20N4O3S/c1-12-7-13(2)19-16(8-12)9-14(3)20-24-25-22(26(19)20)30-11-18(27)23-17-6-4-5-15(10-17)21(28)29/h4-10H,11H2,1-3H3,(H,23,27)(H,28,29). The second-order valence-electron chi connectivity index (χ2n) is 7.21. The minimum absolute atomic E-state index is 0.122. The van der Waals surface area contributed by atoms with Crippen LogP contribution in [0.1, 0.15) is 27.0 Å². The van der Waals surface area contributed by atoms with Gasteiger partial charge in [0.15, 0.2) is 10.8 Å². The maximum Gasteiger partial charge on any atom is 0.335 e. The molecule has 0 atom stereocenters. The molecule has 0 spiro atoms. The Kier molecular flexibility index (Phi) is 5.17. The molecular formula is C22H20N4O3S. The fourth-order valence-electron chi connectivity index (χ4n) is 3.58. The lowest BCUT2D eigenvalue weighted by Gasteiger charge is -2.11. The van der Waals surface area contributed by atoms with Crippen molar-refractivity contribution in [3.63, 3.8) is 0 Å². The molecule has 0 saturated carbocycles. The molecule has 2 heterocycles. The number of aryl methyl sites for hydroxylation is 3. The van der Waals surface area contributed by atoms with Gasteiger partial charge in [0.2, 0.25) is 5.91 Å². The molecule has 2 aromatic heterocycles. The first-order valence-corrected chi connectivity index (χ1v) is 10.3. The highest BCUT2D eigenvalue weighted by molar-refractivity contribution is 7.99. The van der Waals surface area contributed by atoms with Gasteiger partial charge in [0, 0.05) is 5.69 Å². The van der Waals surface area contributed by atoms with Gasteiger partial charge in [0.05, 0.1) is 16.8 Å². The second-order valence-corrected chi connectivity index (χ2v) is 8.15. The maximum absolute atomic E-state index is 12.4. The summed E-state index contributed by atoms with van der Waals surface area (Å²) in [6.07, 6.45) is 0. The number of carbonyl (C=O) groups excluding carboxylic acids is 1. The van der Waals surface area contributed by atoms with E-state index in [9.17, 15) is 9.59 Å². The topological polar surface area (TPSA) is 96.6 Å². The molecular weight excluding hydrogens is 400 g/mol. The average Bonchev–Trinajstić information content (AvgIpc) is 3.10. The van der Waals surface area contributed by atoms with Crippen molar-refractivity contribution in [2.75, 3.05) is 11.1 Å². The molecule has 152 valence electrons. The van der Waals surface area contributed by atoms with Crippen LogP contribution in [0.4, 0.5) is 5.69 Å². The largest absolute Gasteiger partial charge is 0.478 e. The third-order valence-electron chi connectivity index (χ3n) is 4.78. The number of pyridine rings is 1. The van der Waals surface area contributed by atoms with Crippen LogP contribution in [0.2, 0.25) is 0 Å². The number of nitrogens with zero attached hydrogens (tertiary/aromatic N) is 3. The van der Waals surface area contributed by atoms with Gasteiger partial charge in [-0.05, 0) is 67.6 Å². The minimum Gasteiger partial charge on any atom is -0.478 e. The Bertz CT molecular complexity index is 1310. The summed E-state index contributed by atoms with van der Waals surface area (Å²) in [7, 11) is 0. The smallest absolute Gasteiger partial charge is 0.335 e. The number of carbonyl (C=O) groups is 2. The zero-order valence-corrected chi connectivity index (χ0v) is 17.6. The quantitative estimate of drug-likeness (QED) is 0.469. The van der Waals surface area contributed by atoms with Gasteiger partial charge < -0.3 is 10.4 Å². The lowest BCUT2D eigenvalue weighted by Crippen LogP contribution is -2.14. The Labute approximate surface area is 177 Å². The van der Waals surface area contributed by atoms with Crippen molar-refractivity contribution in [3.8, 4) is 0 Å². The van der Waals surface area contributed by atoms with E-state index < -0.39 is 5.97 Å². The van der Waals surface area contributed by atoms with E-state index in [0.717, 1.165) is 27.7 Å². The lowest BCUT2D eigenvalue weighted by atomic mass is 10.1. The van der Waals surface area contributed by atoms with Gasteiger partial charge in [-0.1, -0.05) is 29.5 Å². The van der Waals surface area contributed by atoms with Crippen LogP contribution in [0.15, 0.2) is 47.6 Å². The highest BCUT2D eigenvalue weighted by Crippen LogP contribution is 2.28. The lowest BCUT2D eigenvalue weighted by molar-refractivity contribution is -0.113. The summed E-state index contributed by atoms with van der Waals surface area (Å²) in [6, 6.07) is 12.5. The molecule has 0 aliphatic carbocycles. The van der Waals surface area contributed by atoms with Crippen LogP contribution in [-0.2, 0) is 4.79 Å².